The molecule has 1 N–H and O–H groups in total. The van der Waals surface area contributed by atoms with Gasteiger partial charge in [0.2, 0.25) is 0 Å². The molecule has 0 radical (unpaired) electrons. The van der Waals surface area contributed by atoms with Crippen LogP contribution < -0.4 is 10.1 Å². The Hall–Kier alpha value is -3.22. The Kier molecular flexibility index (Phi) is 4.74. The van der Waals surface area contributed by atoms with Gasteiger partial charge in [-0.1, -0.05) is 12.1 Å². The average molecular weight is 340 g/mol. The van der Waals surface area contributed by atoms with E-state index in [0.29, 0.717) is 5.75 Å². The van der Waals surface area contributed by atoms with Crippen LogP contribution in [0.2, 0.25) is 0 Å². The van der Waals surface area contributed by atoms with Gasteiger partial charge in [0.25, 0.3) is 5.91 Å². The molecule has 3 rings (SSSR count). The van der Waals surface area contributed by atoms with E-state index in [1.165, 1.54) is 25.6 Å². The highest BCUT2D eigenvalue weighted by atomic mass is 19.1. The molecule has 3 aromatic rings. The van der Waals surface area contributed by atoms with Gasteiger partial charge >= 0.3 is 0 Å². The van der Waals surface area contributed by atoms with E-state index >= 15 is 0 Å². The van der Waals surface area contributed by atoms with E-state index in [-0.39, 0.29) is 11.6 Å². The van der Waals surface area contributed by atoms with E-state index in [0.717, 1.165) is 17.3 Å². The van der Waals surface area contributed by atoms with Crippen molar-refractivity contribution in [2.45, 2.75) is 13.0 Å². The predicted molar refractivity (Wildman–Crippen MR) is 90.2 cm³/mol. The van der Waals surface area contributed by atoms with Gasteiger partial charge in [-0.25, -0.2) is 14.1 Å². The lowest BCUT2D eigenvalue weighted by molar-refractivity contribution is 0.0936. The predicted octanol–water partition coefficient (Wildman–Crippen LogP) is 2.91. The number of ether oxygens (including phenoxy) is 1. The van der Waals surface area contributed by atoms with Crippen molar-refractivity contribution in [2.24, 2.45) is 0 Å². The van der Waals surface area contributed by atoms with Crippen LogP contribution in [0.1, 0.15) is 28.9 Å². The van der Waals surface area contributed by atoms with Gasteiger partial charge in [0.1, 0.15) is 24.2 Å². The molecule has 6 nitrogen and oxygen atoms in total. The summed E-state index contributed by atoms with van der Waals surface area (Å²) in [5.41, 5.74) is 1.94. The first kappa shape index (κ1) is 16.6. The quantitative estimate of drug-likeness (QED) is 0.775. The number of hydrogen-bond acceptors (Lipinski definition) is 4. The van der Waals surface area contributed by atoms with Gasteiger partial charge in [0.15, 0.2) is 0 Å². The van der Waals surface area contributed by atoms with Crippen molar-refractivity contribution in [2.75, 3.05) is 7.11 Å². The van der Waals surface area contributed by atoms with Gasteiger partial charge in [0, 0.05) is 0 Å². The van der Waals surface area contributed by atoms with Crippen LogP contribution in [0.5, 0.6) is 5.75 Å². The summed E-state index contributed by atoms with van der Waals surface area (Å²) in [7, 11) is 1.44. The first-order valence-electron chi connectivity index (χ1n) is 7.68. The van der Waals surface area contributed by atoms with Crippen molar-refractivity contribution in [3.8, 4) is 11.4 Å². The minimum absolute atomic E-state index is 0.161. The Morgan fingerprint density at radius 3 is 2.64 bits per heavy atom. The highest BCUT2D eigenvalue weighted by Crippen LogP contribution is 2.21. The van der Waals surface area contributed by atoms with Gasteiger partial charge in [-0.2, -0.15) is 5.10 Å². The van der Waals surface area contributed by atoms with Crippen LogP contribution in [0.15, 0.2) is 55.1 Å². The maximum atomic E-state index is 13.4. The Bertz CT molecular complexity index is 863. The number of halogens is 1. The molecule has 2 aromatic carbocycles. The van der Waals surface area contributed by atoms with Crippen LogP contribution in [-0.2, 0) is 0 Å². The smallest absolute Gasteiger partial charge is 0.255 e. The number of carbonyl (C=O) groups excluding carboxylic acids is 1. The second kappa shape index (κ2) is 7.12. The minimum Gasteiger partial charge on any atom is -0.496 e. The molecule has 1 atom stereocenters. The van der Waals surface area contributed by atoms with Crippen LogP contribution in [-0.4, -0.2) is 27.8 Å². The lowest BCUT2D eigenvalue weighted by atomic mass is 10.1. The fourth-order valence-corrected chi connectivity index (χ4v) is 2.47. The van der Waals surface area contributed by atoms with Crippen LogP contribution >= 0.6 is 0 Å². The number of methoxy groups -OCH3 is 1. The molecule has 1 heterocycles. The summed E-state index contributed by atoms with van der Waals surface area (Å²) in [5, 5.41) is 6.91. The second-order valence-corrected chi connectivity index (χ2v) is 5.47. The lowest BCUT2D eigenvalue weighted by Crippen LogP contribution is -2.27. The number of aromatic nitrogens is 3. The molecule has 0 fully saturated rings. The highest BCUT2D eigenvalue weighted by Gasteiger charge is 2.16. The Balaban J connectivity index is 1.74. The van der Waals surface area contributed by atoms with Crippen molar-refractivity contribution >= 4 is 5.91 Å². The number of nitrogens with one attached hydrogen (secondary N) is 1. The molecule has 0 saturated carbocycles. The summed E-state index contributed by atoms with van der Waals surface area (Å²) in [6.07, 6.45) is 3.07. The number of carbonyl (C=O) groups is 1. The van der Waals surface area contributed by atoms with Gasteiger partial charge in [-0.3, -0.25) is 4.79 Å². The fraction of sp³-hybridized carbons (Fsp3) is 0.167. The van der Waals surface area contributed by atoms with Crippen LogP contribution in [0.25, 0.3) is 5.69 Å². The van der Waals surface area contributed by atoms with Gasteiger partial charge in [-0.05, 0) is 42.8 Å². The summed E-state index contributed by atoms with van der Waals surface area (Å²) < 4.78 is 20.2. The van der Waals surface area contributed by atoms with E-state index < -0.39 is 11.7 Å². The maximum Gasteiger partial charge on any atom is 0.255 e. The van der Waals surface area contributed by atoms with E-state index in [9.17, 15) is 9.18 Å². The minimum atomic E-state index is -0.490. The third-order valence-electron chi connectivity index (χ3n) is 3.83. The lowest BCUT2D eigenvalue weighted by Gasteiger charge is -2.16. The Morgan fingerprint density at radius 2 is 2.00 bits per heavy atom. The number of amides is 1. The Morgan fingerprint density at radius 1 is 1.24 bits per heavy atom. The molecule has 0 unspecified atom stereocenters. The molecule has 7 heteroatoms. The normalized spacial score (nSPS) is 11.8. The largest absolute Gasteiger partial charge is 0.496 e. The second-order valence-electron chi connectivity index (χ2n) is 5.47. The number of benzene rings is 2. The molecule has 128 valence electrons. The molecule has 0 aliphatic carbocycles. The first-order chi connectivity index (χ1) is 12.1. The summed E-state index contributed by atoms with van der Waals surface area (Å²) in [4.78, 5) is 16.3. The SMILES string of the molecule is COc1ccc(F)cc1C(=O)N[C@H](C)c1ccc(-n2cncn2)cc1. The van der Waals surface area contributed by atoms with Gasteiger partial charge in [-0.15, -0.1) is 0 Å². The molecular weight excluding hydrogens is 323 g/mol. The molecule has 1 aromatic heterocycles. The molecule has 0 aliphatic heterocycles. The van der Waals surface area contributed by atoms with Gasteiger partial charge in [0.05, 0.1) is 24.4 Å². The topological polar surface area (TPSA) is 69.0 Å². The molecule has 1 amide bonds. The van der Waals surface area contributed by atoms with E-state index in [2.05, 4.69) is 15.4 Å². The van der Waals surface area contributed by atoms with Crippen LogP contribution in [0.3, 0.4) is 0 Å². The van der Waals surface area contributed by atoms with Crippen LogP contribution in [0, 0.1) is 5.82 Å². The van der Waals surface area contributed by atoms with Gasteiger partial charge < -0.3 is 10.1 Å². The average Bonchev–Trinajstić information content (AvgIpc) is 3.16. The molecular formula is C18H17FN4O2. The summed E-state index contributed by atoms with van der Waals surface area (Å²) in [6, 6.07) is 11.1. The Labute approximate surface area is 144 Å². The number of rotatable bonds is 5. The van der Waals surface area contributed by atoms with Crippen molar-refractivity contribution in [1.82, 2.24) is 20.1 Å². The monoisotopic (exact) mass is 340 g/mol. The third-order valence-corrected chi connectivity index (χ3v) is 3.83. The summed E-state index contributed by atoms with van der Waals surface area (Å²) in [6.45, 7) is 1.86. The fourth-order valence-electron chi connectivity index (χ4n) is 2.47. The molecule has 25 heavy (non-hydrogen) atoms. The molecule has 0 saturated heterocycles. The standard InChI is InChI=1S/C18H17FN4O2/c1-12(13-3-6-15(7-4-13)23-11-20-10-21-23)22-18(24)16-9-14(19)5-8-17(16)25-2/h3-12H,1-2H3,(H,22,24)/t12-/m1/s1. The first-order valence-corrected chi connectivity index (χ1v) is 7.68. The van der Waals surface area contributed by atoms with Crippen molar-refractivity contribution in [3.05, 3.63) is 72.1 Å². The zero-order chi connectivity index (χ0) is 17.8. The van der Waals surface area contributed by atoms with E-state index in [1.807, 2.05) is 31.2 Å². The zero-order valence-corrected chi connectivity index (χ0v) is 13.8. The molecule has 0 aliphatic rings. The number of hydrogen-bond donors (Lipinski definition) is 1. The maximum absolute atomic E-state index is 13.4. The molecule has 0 bridgehead atoms. The van der Waals surface area contributed by atoms with Crippen molar-refractivity contribution in [1.29, 1.82) is 0 Å². The summed E-state index contributed by atoms with van der Waals surface area (Å²) >= 11 is 0. The highest BCUT2D eigenvalue weighted by molar-refractivity contribution is 5.97. The number of nitrogens with zero attached hydrogens (tertiary/aromatic N) is 3. The third kappa shape index (κ3) is 3.65. The zero-order valence-electron chi connectivity index (χ0n) is 13.8. The molecule has 0 spiro atoms. The van der Waals surface area contributed by atoms with E-state index in [1.54, 1.807) is 11.0 Å². The van der Waals surface area contributed by atoms with Crippen molar-refractivity contribution in [3.63, 3.8) is 0 Å². The van der Waals surface area contributed by atoms with E-state index in [4.69, 9.17) is 4.74 Å². The van der Waals surface area contributed by atoms with Crippen molar-refractivity contribution < 1.29 is 13.9 Å². The van der Waals surface area contributed by atoms with Crippen LogP contribution in [0.4, 0.5) is 4.39 Å². The summed E-state index contributed by atoms with van der Waals surface area (Å²) in [5.74, 6) is -0.562.